The van der Waals surface area contributed by atoms with E-state index in [4.69, 9.17) is 0 Å². The van der Waals surface area contributed by atoms with Gasteiger partial charge in [-0.3, -0.25) is 9.69 Å². The lowest BCUT2D eigenvalue weighted by atomic mass is 10.1. The number of benzene rings is 1. The Hall–Kier alpha value is -2.58. The van der Waals surface area contributed by atoms with Crippen molar-refractivity contribution in [2.24, 2.45) is 0 Å². The van der Waals surface area contributed by atoms with E-state index in [9.17, 15) is 9.18 Å². The second-order valence-electron chi connectivity index (χ2n) is 7.55. The maximum Gasteiger partial charge on any atom is 0.238 e. The van der Waals surface area contributed by atoms with Gasteiger partial charge in [-0.15, -0.1) is 11.3 Å². The lowest BCUT2D eigenvalue weighted by Crippen LogP contribution is -2.49. The van der Waals surface area contributed by atoms with Crippen LogP contribution in [0, 0.1) is 5.82 Å². The van der Waals surface area contributed by atoms with Crippen LogP contribution in [0.25, 0.3) is 10.2 Å². The molecule has 1 aliphatic carbocycles. The van der Waals surface area contributed by atoms with Gasteiger partial charge in [-0.05, 0) is 49.1 Å². The number of carbonyl (C=O) groups is 1. The summed E-state index contributed by atoms with van der Waals surface area (Å²) in [6.45, 7) is 3.60. The summed E-state index contributed by atoms with van der Waals surface area (Å²) in [6, 6.07) is 5.84. The molecule has 3 heterocycles. The molecule has 3 aromatic rings. The van der Waals surface area contributed by atoms with Crippen molar-refractivity contribution in [3.63, 3.8) is 0 Å². The van der Waals surface area contributed by atoms with E-state index in [1.807, 2.05) is 11.3 Å². The summed E-state index contributed by atoms with van der Waals surface area (Å²) < 4.78 is 13.0. The first-order valence-electron chi connectivity index (χ1n) is 9.95. The Bertz CT molecular complexity index is 1040. The minimum atomic E-state index is -0.311. The fraction of sp³-hybridized carbons (Fsp3) is 0.381. The molecule has 29 heavy (non-hydrogen) atoms. The van der Waals surface area contributed by atoms with Crippen LogP contribution >= 0.6 is 11.3 Å². The van der Waals surface area contributed by atoms with E-state index in [0.29, 0.717) is 12.2 Å². The average Bonchev–Trinajstić information content (AvgIpc) is 3.31. The van der Waals surface area contributed by atoms with Crippen LogP contribution in [0.3, 0.4) is 0 Å². The molecule has 0 unspecified atom stereocenters. The quantitative estimate of drug-likeness (QED) is 0.715. The molecule has 1 aromatic carbocycles. The van der Waals surface area contributed by atoms with Crippen molar-refractivity contribution >= 4 is 39.0 Å². The van der Waals surface area contributed by atoms with E-state index in [-0.39, 0.29) is 11.7 Å². The highest BCUT2D eigenvalue weighted by atomic mass is 32.1. The summed E-state index contributed by atoms with van der Waals surface area (Å²) in [5, 5.41) is 4.07. The first-order valence-corrected chi connectivity index (χ1v) is 10.8. The number of aryl methyl sites for hydroxylation is 2. The maximum absolute atomic E-state index is 13.0. The number of halogens is 1. The molecule has 0 bridgehead atoms. The lowest BCUT2D eigenvalue weighted by molar-refractivity contribution is -0.117. The van der Waals surface area contributed by atoms with E-state index in [0.717, 1.165) is 49.7 Å². The minimum Gasteiger partial charge on any atom is -0.353 e. The van der Waals surface area contributed by atoms with Crippen molar-refractivity contribution < 1.29 is 9.18 Å². The van der Waals surface area contributed by atoms with Crippen LogP contribution < -0.4 is 10.2 Å². The molecule has 5 rings (SSSR count). The van der Waals surface area contributed by atoms with Gasteiger partial charge in [-0.2, -0.15) is 0 Å². The van der Waals surface area contributed by atoms with Crippen molar-refractivity contribution in [2.75, 3.05) is 42.9 Å². The number of nitrogens with zero attached hydrogens (tertiary/aromatic N) is 4. The SMILES string of the molecule is O=C(CN1CCN(c2ncnc3sc4c(c23)CCC4)CC1)Nc1ccc(F)cc1. The molecular formula is C21H22FN5OS. The molecule has 6 nitrogen and oxygen atoms in total. The van der Waals surface area contributed by atoms with Crippen LogP contribution in [0.4, 0.5) is 15.9 Å². The highest BCUT2D eigenvalue weighted by Crippen LogP contribution is 2.40. The van der Waals surface area contributed by atoms with E-state index in [1.54, 1.807) is 18.5 Å². The predicted octanol–water partition coefficient (Wildman–Crippen LogP) is 3.08. The topological polar surface area (TPSA) is 61.4 Å². The number of aromatic nitrogens is 2. The Balaban J connectivity index is 1.22. The Kier molecular flexibility index (Phi) is 4.89. The minimum absolute atomic E-state index is 0.0786. The van der Waals surface area contributed by atoms with Crippen molar-refractivity contribution in [1.82, 2.24) is 14.9 Å². The number of nitrogens with one attached hydrogen (secondary N) is 1. The average molecular weight is 412 g/mol. The fourth-order valence-electron chi connectivity index (χ4n) is 4.21. The number of rotatable bonds is 4. The third-order valence-corrected chi connectivity index (χ3v) is 6.85. The zero-order valence-corrected chi connectivity index (χ0v) is 16.8. The van der Waals surface area contributed by atoms with Crippen molar-refractivity contribution in [2.45, 2.75) is 19.3 Å². The van der Waals surface area contributed by atoms with Gasteiger partial charge in [0, 0.05) is 36.7 Å². The monoisotopic (exact) mass is 411 g/mol. The fourth-order valence-corrected chi connectivity index (χ4v) is 5.43. The number of piperazine rings is 1. The first-order chi connectivity index (χ1) is 14.2. The number of fused-ring (bicyclic) bond motifs is 3. The summed E-state index contributed by atoms with van der Waals surface area (Å²) in [4.78, 5) is 28.5. The second kappa shape index (κ2) is 7.68. The molecule has 2 aromatic heterocycles. The second-order valence-corrected chi connectivity index (χ2v) is 8.64. The van der Waals surface area contributed by atoms with Crippen molar-refractivity contribution in [1.29, 1.82) is 0 Å². The summed E-state index contributed by atoms with van der Waals surface area (Å²) in [5.41, 5.74) is 2.06. The van der Waals surface area contributed by atoms with Crippen LogP contribution in [-0.2, 0) is 17.6 Å². The van der Waals surface area contributed by atoms with Gasteiger partial charge in [-0.25, -0.2) is 14.4 Å². The van der Waals surface area contributed by atoms with E-state index in [1.165, 1.54) is 34.4 Å². The summed E-state index contributed by atoms with van der Waals surface area (Å²) in [7, 11) is 0. The van der Waals surface area contributed by atoms with Gasteiger partial charge in [0.15, 0.2) is 0 Å². The molecule has 0 radical (unpaired) electrons. The van der Waals surface area contributed by atoms with Gasteiger partial charge in [0.05, 0.1) is 11.9 Å². The lowest BCUT2D eigenvalue weighted by Gasteiger charge is -2.35. The smallest absolute Gasteiger partial charge is 0.238 e. The normalized spacial score (nSPS) is 16.9. The molecule has 1 aliphatic heterocycles. The Morgan fingerprint density at radius 3 is 2.69 bits per heavy atom. The molecule has 1 saturated heterocycles. The standard InChI is InChI=1S/C21H22FN5OS/c22-14-4-6-15(7-5-14)25-18(28)12-26-8-10-27(11-9-26)20-19-16-2-1-3-17(16)29-21(19)24-13-23-20/h4-7,13H,1-3,8-12H2,(H,25,28). The number of carbonyl (C=O) groups excluding carboxylic acids is 1. The Labute approximate surface area is 172 Å². The van der Waals surface area contributed by atoms with Gasteiger partial charge >= 0.3 is 0 Å². The van der Waals surface area contributed by atoms with Crippen molar-refractivity contribution in [3.8, 4) is 0 Å². The third kappa shape index (κ3) is 3.70. The Morgan fingerprint density at radius 2 is 1.90 bits per heavy atom. The van der Waals surface area contributed by atoms with E-state index >= 15 is 0 Å². The summed E-state index contributed by atoms with van der Waals surface area (Å²) in [6.07, 6.45) is 5.18. The van der Waals surface area contributed by atoms with Crippen LogP contribution in [0.1, 0.15) is 16.9 Å². The zero-order valence-electron chi connectivity index (χ0n) is 16.0. The van der Waals surface area contributed by atoms with Crippen molar-refractivity contribution in [3.05, 3.63) is 46.9 Å². The van der Waals surface area contributed by atoms with Gasteiger partial charge in [-0.1, -0.05) is 0 Å². The predicted molar refractivity (Wildman–Crippen MR) is 113 cm³/mol. The first kappa shape index (κ1) is 18.4. The molecular weight excluding hydrogens is 389 g/mol. The largest absolute Gasteiger partial charge is 0.353 e. The Morgan fingerprint density at radius 1 is 1.10 bits per heavy atom. The van der Waals surface area contributed by atoms with Gasteiger partial charge in [0.25, 0.3) is 0 Å². The van der Waals surface area contributed by atoms with Gasteiger partial charge < -0.3 is 10.2 Å². The molecule has 0 spiro atoms. The number of anilines is 2. The van der Waals surface area contributed by atoms with Crippen LogP contribution in [0.2, 0.25) is 0 Å². The molecule has 2 aliphatic rings. The third-order valence-electron chi connectivity index (χ3n) is 5.65. The van der Waals surface area contributed by atoms with E-state index in [2.05, 4.69) is 25.1 Å². The number of hydrogen-bond acceptors (Lipinski definition) is 6. The number of hydrogen-bond donors (Lipinski definition) is 1. The zero-order chi connectivity index (χ0) is 19.8. The van der Waals surface area contributed by atoms with Crippen LogP contribution in [0.5, 0.6) is 0 Å². The summed E-state index contributed by atoms with van der Waals surface area (Å²) in [5.74, 6) is 0.657. The highest BCUT2D eigenvalue weighted by molar-refractivity contribution is 7.19. The number of amides is 1. The van der Waals surface area contributed by atoms with E-state index < -0.39 is 0 Å². The molecule has 150 valence electrons. The molecule has 1 fully saturated rings. The van der Waals surface area contributed by atoms with Gasteiger partial charge in [0.2, 0.25) is 5.91 Å². The molecule has 1 N–H and O–H groups in total. The van der Waals surface area contributed by atoms with Crippen LogP contribution in [-0.4, -0.2) is 53.5 Å². The summed E-state index contributed by atoms with van der Waals surface area (Å²) >= 11 is 1.81. The van der Waals surface area contributed by atoms with Gasteiger partial charge in [0.1, 0.15) is 22.8 Å². The molecule has 1 amide bonds. The maximum atomic E-state index is 13.0. The molecule has 0 saturated carbocycles. The highest BCUT2D eigenvalue weighted by Gasteiger charge is 2.26. The van der Waals surface area contributed by atoms with Crippen LogP contribution in [0.15, 0.2) is 30.6 Å². The molecule has 8 heteroatoms. The molecule has 0 atom stereocenters. The number of thiophene rings is 1.